The minimum absolute atomic E-state index is 0.0490. The minimum Gasteiger partial charge on any atom is -0.454 e. The number of esters is 1. The molecule has 2 aromatic heterocycles. The molecule has 8 nitrogen and oxygen atoms in total. The van der Waals surface area contributed by atoms with E-state index >= 15 is 0 Å². The maximum Gasteiger partial charge on any atom is 0.326 e. The SMILES string of the molecule is CC(NC(=O)COC(=O)Cn1cnc2c(oc3ccccc32)c1=O)c1ccc(Cl)cc1Cl. The number of furan rings is 1. The molecule has 0 bridgehead atoms. The standard InChI is InChI=1S/C22H17Cl2N3O5/c1-12(14-7-6-13(23)8-16(14)24)26-18(28)10-31-19(29)9-27-11-25-20-15-4-2-3-5-17(15)32-21(20)22(27)30/h2-8,11-12H,9-10H2,1H3,(H,26,28). The second-order valence-corrected chi connectivity index (χ2v) is 7.91. The predicted molar refractivity (Wildman–Crippen MR) is 120 cm³/mol. The first-order valence-electron chi connectivity index (χ1n) is 9.60. The van der Waals surface area contributed by atoms with Gasteiger partial charge in [-0.05, 0) is 36.8 Å². The summed E-state index contributed by atoms with van der Waals surface area (Å²) in [6, 6.07) is 11.6. The summed E-state index contributed by atoms with van der Waals surface area (Å²) in [5.74, 6) is -1.29. The van der Waals surface area contributed by atoms with Crippen molar-refractivity contribution in [2.45, 2.75) is 19.5 Å². The molecule has 1 unspecified atom stereocenters. The highest BCUT2D eigenvalue weighted by Crippen LogP contribution is 2.26. The molecule has 1 atom stereocenters. The summed E-state index contributed by atoms with van der Waals surface area (Å²) >= 11 is 12.0. The molecular weight excluding hydrogens is 457 g/mol. The molecule has 0 aliphatic carbocycles. The number of fused-ring (bicyclic) bond motifs is 3. The van der Waals surface area contributed by atoms with Crippen LogP contribution in [-0.4, -0.2) is 28.0 Å². The number of ether oxygens (including phenoxy) is 1. The fourth-order valence-electron chi connectivity index (χ4n) is 3.27. The Morgan fingerprint density at radius 2 is 2.00 bits per heavy atom. The normalized spacial score (nSPS) is 12.1. The largest absolute Gasteiger partial charge is 0.454 e. The summed E-state index contributed by atoms with van der Waals surface area (Å²) in [5.41, 5.74) is 1.16. The molecule has 2 aromatic carbocycles. The lowest BCUT2D eigenvalue weighted by Crippen LogP contribution is -2.32. The highest BCUT2D eigenvalue weighted by atomic mass is 35.5. The zero-order valence-corrected chi connectivity index (χ0v) is 18.3. The maximum absolute atomic E-state index is 12.7. The first kappa shape index (κ1) is 21.9. The van der Waals surface area contributed by atoms with Gasteiger partial charge in [0.05, 0.1) is 12.4 Å². The molecule has 1 N–H and O–H groups in total. The summed E-state index contributed by atoms with van der Waals surface area (Å²) < 4.78 is 11.6. The van der Waals surface area contributed by atoms with Crippen molar-refractivity contribution in [1.82, 2.24) is 14.9 Å². The summed E-state index contributed by atoms with van der Waals surface area (Å²) in [4.78, 5) is 41.2. The topological polar surface area (TPSA) is 103 Å². The van der Waals surface area contributed by atoms with Gasteiger partial charge in [0.1, 0.15) is 17.6 Å². The van der Waals surface area contributed by atoms with E-state index in [-0.39, 0.29) is 5.58 Å². The van der Waals surface area contributed by atoms with Crippen molar-refractivity contribution >= 4 is 57.1 Å². The second kappa shape index (κ2) is 9.02. The fraction of sp³-hybridized carbons (Fsp3) is 0.182. The number of benzene rings is 2. The first-order chi connectivity index (χ1) is 15.3. The molecule has 4 aromatic rings. The number of aromatic nitrogens is 2. The van der Waals surface area contributed by atoms with E-state index in [0.29, 0.717) is 32.1 Å². The quantitative estimate of drug-likeness (QED) is 0.426. The van der Waals surface area contributed by atoms with Crippen LogP contribution in [0.15, 0.2) is 58.0 Å². The van der Waals surface area contributed by atoms with Gasteiger partial charge >= 0.3 is 5.97 Å². The molecule has 32 heavy (non-hydrogen) atoms. The third-order valence-electron chi connectivity index (χ3n) is 4.82. The zero-order valence-electron chi connectivity index (χ0n) is 16.8. The van der Waals surface area contributed by atoms with Gasteiger partial charge in [-0.15, -0.1) is 0 Å². The Morgan fingerprint density at radius 1 is 1.22 bits per heavy atom. The average Bonchev–Trinajstić information content (AvgIpc) is 3.14. The number of hydrogen-bond donors (Lipinski definition) is 1. The third-order valence-corrected chi connectivity index (χ3v) is 5.38. The molecule has 1 amide bonds. The van der Waals surface area contributed by atoms with E-state index < -0.39 is 36.6 Å². The van der Waals surface area contributed by atoms with Crippen molar-refractivity contribution in [3.8, 4) is 0 Å². The number of nitrogens with one attached hydrogen (secondary N) is 1. The van der Waals surface area contributed by atoms with Gasteiger partial charge in [-0.3, -0.25) is 19.0 Å². The van der Waals surface area contributed by atoms with Crippen LogP contribution >= 0.6 is 23.2 Å². The van der Waals surface area contributed by atoms with Crippen molar-refractivity contribution in [1.29, 1.82) is 0 Å². The molecule has 2 heterocycles. The van der Waals surface area contributed by atoms with Gasteiger partial charge in [0, 0.05) is 15.4 Å². The molecule has 0 aliphatic heterocycles. The summed E-state index contributed by atoms with van der Waals surface area (Å²) in [7, 11) is 0. The Hall–Kier alpha value is -3.36. The van der Waals surface area contributed by atoms with Crippen LogP contribution in [-0.2, 0) is 20.9 Å². The van der Waals surface area contributed by atoms with Gasteiger partial charge in [-0.25, -0.2) is 4.98 Å². The maximum atomic E-state index is 12.7. The van der Waals surface area contributed by atoms with Crippen molar-refractivity contribution in [2.75, 3.05) is 6.61 Å². The number of rotatable bonds is 6. The average molecular weight is 474 g/mol. The monoisotopic (exact) mass is 473 g/mol. The second-order valence-electron chi connectivity index (χ2n) is 7.07. The van der Waals surface area contributed by atoms with Gasteiger partial charge in [-0.2, -0.15) is 0 Å². The van der Waals surface area contributed by atoms with E-state index in [4.69, 9.17) is 32.4 Å². The van der Waals surface area contributed by atoms with Crippen LogP contribution in [0.2, 0.25) is 10.0 Å². The van der Waals surface area contributed by atoms with Crippen molar-refractivity contribution in [3.63, 3.8) is 0 Å². The van der Waals surface area contributed by atoms with E-state index in [1.807, 2.05) is 6.07 Å². The Labute approximate surface area is 191 Å². The van der Waals surface area contributed by atoms with Crippen LogP contribution in [0.1, 0.15) is 18.5 Å². The molecule has 10 heteroatoms. The summed E-state index contributed by atoms with van der Waals surface area (Å²) in [5, 5.41) is 4.29. The Kier molecular flexibility index (Phi) is 6.16. The van der Waals surface area contributed by atoms with Gasteiger partial charge in [0.15, 0.2) is 6.61 Å². The zero-order chi connectivity index (χ0) is 22.8. The number of nitrogens with zero attached hydrogens (tertiary/aromatic N) is 2. The molecule has 0 saturated heterocycles. The number of halogens is 2. The van der Waals surface area contributed by atoms with Crippen LogP contribution in [0, 0.1) is 0 Å². The Bertz CT molecular complexity index is 1400. The summed E-state index contributed by atoms with van der Waals surface area (Å²) in [6.45, 7) is 0.816. The van der Waals surface area contributed by atoms with Gasteiger partial charge in [0.25, 0.3) is 11.5 Å². The van der Waals surface area contributed by atoms with Crippen LogP contribution in [0.5, 0.6) is 0 Å². The van der Waals surface area contributed by atoms with Crippen molar-refractivity contribution < 1.29 is 18.7 Å². The third kappa shape index (κ3) is 4.46. The van der Waals surface area contributed by atoms with E-state index in [0.717, 1.165) is 4.57 Å². The lowest BCUT2D eigenvalue weighted by Gasteiger charge is -2.16. The Balaban J connectivity index is 1.38. The highest BCUT2D eigenvalue weighted by molar-refractivity contribution is 6.35. The predicted octanol–water partition coefficient (Wildman–Crippen LogP) is 3.87. The molecule has 0 fully saturated rings. The van der Waals surface area contributed by atoms with E-state index in [1.165, 1.54) is 6.33 Å². The molecule has 0 saturated carbocycles. The molecular formula is C22H17Cl2N3O5. The number of hydrogen-bond acceptors (Lipinski definition) is 6. The van der Waals surface area contributed by atoms with E-state index in [9.17, 15) is 14.4 Å². The van der Waals surface area contributed by atoms with Gasteiger partial charge in [0.2, 0.25) is 5.58 Å². The molecule has 4 rings (SSSR count). The number of carbonyl (C=O) groups excluding carboxylic acids is 2. The van der Waals surface area contributed by atoms with Crippen LogP contribution in [0.3, 0.4) is 0 Å². The molecule has 0 spiro atoms. The minimum atomic E-state index is -0.767. The summed E-state index contributed by atoms with van der Waals surface area (Å²) in [6.07, 6.45) is 1.25. The van der Waals surface area contributed by atoms with Crippen LogP contribution in [0.25, 0.3) is 22.1 Å². The van der Waals surface area contributed by atoms with Crippen LogP contribution < -0.4 is 10.9 Å². The molecule has 0 radical (unpaired) electrons. The van der Waals surface area contributed by atoms with Crippen LogP contribution in [0.4, 0.5) is 0 Å². The van der Waals surface area contributed by atoms with E-state index in [2.05, 4.69) is 10.3 Å². The first-order valence-corrected chi connectivity index (χ1v) is 10.4. The van der Waals surface area contributed by atoms with Crippen molar-refractivity contribution in [3.05, 3.63) is 74.8 Å². The number of amides is 1. The molecule has 164 valence electrons. The highest BCUT2D eigenvalue weighted by Gasteiger charge is 2.17. The van der Waals surface area contributed by atoms with Gasteiger partial charge in [-0.1, -0.05) is 41.4 Å². The van der Waals surface area contributed by atoms with Gasteiger partial charge < -0.3 is 14.5 Å². The number of para-hydroxylation sites is 1. The Morgan fingerprint density at radius 3 is 2.78 bits per heavy atom. The fourth-order valence-corrected chi connectivity index (χ4v) is 3.84. The molecule has 0 aliphatic rings. The van der Waals surface area contributed by atoms with E-state index in [1.54, 1.807) is 43.3 Å². The number of carbonyl (C=O) groups is 2. The van der Waals surface area contributed by atoms with Crippen molar-refractivity contribution in [2.24, 2.45) is 0 Å². The lowest BCUT2D eigenvalue weighted by atomic mass is 10.1. The lowest BCUT2D eigenvalue weighted by molar-refractivity contribution is -0.149. The smallest absolute Gasteiger partial charge is 0.326 e.